The minimum absolute atomic E-state index is 0.123. The SMILES string of the molecule is CC1(C)c2ccc3ccccc3c2-c2c1cc(-c1c(-c3ccccc3)cccc1-c1ccccc1)c1ccccc21. The van der Waals surface area contributed by atoms with Crippen LogP contribution < -0.4 is 0 Å². The molecule has 0 spiro atoms. The van der Waals surface area contributed by atoms with E-state index in [1.807, 2.05) is 0 Å². The Morgan fingerprint density at radius 2 is 0.902 bits per heavy atom. The number of benzene rings is 7. The Kier molecular flexibility index (Phi) is 5.27. The molecule has 7 aromatic carbocycles. The monoisotopic (exact) mass is 522 g/mol. The summed E-state index contributed by atoms with van der Waals surface area (Å²) in [6.07, 6.45) is 0. The van der Waals surface area contributed by atoms with Crippen LogP contribution in [0.2, 0.25) is 0 Å². The second-order valence-electron chi connectivity index (χ2n) is 11.7. The Bertz CT molecular complexity index is 2040. The van der Waals surface area contributed by atoms with Crippen molar-refractivity contribution in [3.8, 4) is 44.5 Å². The quantitative estimate of drug-likeness (QED) is 0.216. The van der Waals surface area contributed by atoms with Crippen molar-refractivity contribution in [3.05, 3.63) is 157 Å². The summed E-state index contributed by atoms with van der Waals surface area (Å²) in [6, 6.07) is 53.5. The van der Waals surface area contributed by atoms with E-state index >= 15 is 0 Å². The molecule has 0 aliphatic heterocycles. The van der Waals surface area contributed by atoms with Crippen LogP contribution in [0.15, 0.2) is 146 Å². The van der Waals surface area contributed by atoms with Crippen molar-refractivity contribution in [1.82, 2.24) is 0 Å². The molecule has 0 unspecified atom stereocenters. The topological polar surface area (TPSA) is 0 Å². The average molecular weight is 523 g/mol. The van der Waals surface area contributed by atoms with E-state index in [2.05, 4.69) is 159 Å². The highest BCUT2D eigenvalue weighted by atomic mass is 14.4. The van der Waals surface area contributed by atoms with E-state index in [1.54, 1.807) is 0 Å². The lowest BCUT2D eigenvalue weighted by Gasteiger charge is -2.24. The van der Waals surface area contributed by atoms with Crippen molar-refractivity contribution in [2.75, 3.05) is 0 Å². The maximum absolute atomic E-state index is 2.51. The zero-order valence-corrected chi connectivity index (χ0v) is 23.4. The molecule has 1 aliphatic rings. The Morgan fingerprint density at radius 1 is 0.366 bits per heavy atom. The third-order valence-corrected chi connectivity index (χ3v) is 9.07. The summed E-state index contributed by atoms with van der Waals surface area (Å²) in [6.45, 7) is 4.79. The van der Waals surface area contributed by atoms with Crippen molar-refractivity contribution >= 4 is 21.5 Å². The summed E-state index contributed by atoms with van der Waals surface area (Å²) in [5.41, 5.74) is 13.0. The first-order chi connectivity index (χ1) is 20.1. The molecule has 0 radical (unpaired) electrons. The van der Waals surface area contributed by atoms with Crippen molar-refractivity contribution < 1.29 is 0 Å². The van der Waals surface area contributed by atoms with Crippen molar-refractivity contribution in [2.45, 2.75) is 19.3 Å². The van der Waals surface area contributed by atoms with E-state index in [-0.39, 0.29) is 5.41 Å². The molecule has 0 amide bonds. The van der Waals surface area contributed by atoms with Gasteiger partial charge in [-0.15, -0.1) is 0 Å². The lowest BCUT2D eigenvalue weighted by atomic mass is 9.78. The highest BCUT2D eigenvalue weighted by Gasteiger charge is 2.38. The van der Waals surface area contributed by atoms with Crippen LogP contribution in [-0.4, -0.2) is 0 Å². The molecular weight excluding hydrogens is 492 g/mol. The predicted molar refractivity (Wildman–Crippen MR) is 175 cm³/mol. The predicted octanol–water partition coefficient (Wildman–Crippen LogP) is 11.3. The Morgan fingerprint density at radius 3 is 1.56 bits per heavy atom. The number of rotatable bonds is 3. The summed E-state index contributed by atoms with van der Waals surface area (Å²) < 4.78 is 0. The van der Waals surface area contributed by atoms with E-state index < -0.39 is 0 Å². The van der Waals surface area contributed by atoms with Crippen LogP contribution in [0, 0.1) is 0 Å². The molecular formula is C41H30. The minimum Gasteiger partial charge on any atom is -0.0622 e. The third-order valence-electron chi connectivity index (χ3n) is 9.07. The standard InChI is InChI=1S/C41H30/c1-41(2)36-25-24-29-18-9-10-19-32(29)39(36)40-34-21-12-11-20-33(34)35(26-37(40)41)38-30(27-14-5-3-6-15-27)22-13-23-31(38)28-16-7-4-8-17-28/h3-26H,1-2H3. The second-order valence-corrected chi connectivity index (χ2v) is 11.7. The Balaban J connectivity index is 1.53. The average Bonchev–Trinajstić information content (AvgIpc) is 3.27. The Labute approximate surface area is 241 Å². The van der Waals surface area contributed by atoms with Gasteiger partial charge in [0.2, 0.25) is 0 Å². The zero-order chi connectivity index (χ0) is 27.6. The molecule has 0 bridgehead atoms. The van der Waals surface area contributed by atoms with E-state index in [0.29, 0.717) is 0 Å². The number of hydrogen-bond acceptors (Lipinski definition) is 0. The van der Waals surface area contributed by atoms with Gasteiger partial charge in [-0.2, -0.15) is 0 Å². The molecule has 0 atom stereocenters. The molecule has 0 saturated heterocycles. The highest BCUT2D eigenvalue weighted by Crippen LogP contribution is 2.56. The fourth-order valence-electron chi connectivity index (χ4n) is 7.11. The molecule has 0 nitrogen and oxygen atoms in total. The largest absolute Gasteiger partial charge is 0.0622 e. The van der Waals surface area contributed by atoms with Gasteiger partial charge in [-0.05, 0) is 83.2 Å². The third kappa shape index (κ3) is 3.54. The van der Waals surface area contributed by atoms with Gasteiger partial charge in [0, 0.05) is 5.41 Å². The fourth-order valence-corrected chi connectivity index (χ4v) is 7.11. The lowest BCUT2D eigenvalue weighted by Crippen LogP contribution is -2.15. The molecule has 7 aromatic rings. The van der Waals surface area contributed by atoms with Crippen molar-refractivity contribution in [1.29, 1.82) is 0 Å². The van der Waals surface area contributed by atoms with Gasteiger partial charge in [0.05, 0.1) is 0 Å². The summed E-state index contributed by atoms with van der Waals surface area (Å²) in [5.74, 6) is 0. The smallest absolute Gasteiger partial charge is 0.0159 e. The molecule has 194 valence electrons. The summed E-state index contributed by atoms with van der Waals surface area (Å²) in [5, 5.41) is 5.25. The molecule has 0 heteroatoms. The van der Waals surface area contributed by atoms with Crippen molar-refractivity contribution in [2.24, 2.45) is 0 Å². The van der Waals surface area contributed by atoms with Crippen LogP contribution in [0.4, 0.5) is 0 Å². The number of hydrogen-bond donors (Lipinski definition) is 0. The van der Waals surface area contributed by atoms with Crippen LogP contribution >= 0.6 is 0 Å². The highest BCUT2D eigenvalue weighted by molar-refractivity contribution is 6.16. The van der Waals surface area contributed by atoms with Gasteiger partial charge in [0.1, 0.15) is 0 Å². The van der Waals surface area contributed by atoms with E-state index in [0.717, 1.165) is 0 Å². The van der Waals surface area contributed by atoms with Gasteiger partial charge in [-0.3, -0.25) is 0 Å². The first kappa shape index (κ1) is 23.9. The molecule has 8 rings (SSSR count). The molecule has 0 aromatic heterocycles. The van der Waals surface area contributed by atoms with Crippen molar-refractivity contribution in [3.63, 3.8) is 0 Å². The van der Waals surface area contributed by atoms with Gasteiger partial charge in [0.15, 0.2) is 0 Å². The summed E-state index contributed by atoms with van der Waals surface area (Å²) >= 11 is 0. The van der Waals surface area contributed by atoms with Gasteiger partial charge >= 0.3 is 0 Å². The van der Waals surface area contributed by atoms with E-state index in [9.17, 15) is 0 Å². The first-order valence-corrected chi connectivity index (χ1v) is 14.5. The van der Waals surface area contributed by atoms with Crippen LogP contribution in [0.5, 0.6) is 0 Å². The zero-order valence-electron chi connectivity index (χ0n) is 23.4. The maximum atomic E-state index is 2.51. The van der Waals surface area contributed by atoms with Crippen LogP contribution in [-0.2, 0) is 5.41 Å². The fraction of sp³-hybridized carbons (Fsp3) is 0.0732. The molecule has 41 heavy (non-hydrogen) atoms. The first-order valence-electron chi connectivity index (χ1n) is 14.5. The van der Waals surface area contributed by atoms with Gasteiger partial charge < -0.3 is 0 Å². The molecule has 0 heterocycles. The van der Waals surface area contributed by atoms with E-state index in [4.69, 9.17) is 0 Å². The lowest BCUT2D eigenvalue weighted by molar-refractivity contribution is 0.661. The van der Waals surface area contributed by atoms with Gasteiger partial charge in [-0.1, -0.05) is 153 Å². The molecule has 0 N–H and O–H groups in total. The summed E-state index contributed by atoms with van der Waals surface area (Å²) in [4.78, 5) is 0. The Hall–Kier alpha value is -4.94. The normalized spacial score (nSPS) is 13.3. The van der Waals surface area contributed by atoms with Gasteiger partial charge in [0.25, 0.3) is 0 Å². The molecule has 0 fully saturated rings. The summed E-state index contributed by atoms with van der Waals surface area (Å²) in [7, 11) is 0. The second kappa shape index (κ2) is 9.04. The van der Waals surface area contributed by atoms with Crippen LogP contribution in [0.1, 0.15) is 25.0 Å². The maximum Gasteiger partial charge on any atom is 0.0159 e. The van der Waals surface area contributed by atoms with Gasteiger partial charge in [-0.25, -0.2) is 0 Å². The minimum atomic E-state index is -0.123. The molecule has 0 saturated carbocycles. The van der Waals surface area contributed by atoms with Crippen LogP contribution in [0.25, 0.3) is 66.1 Å². The van der Waals surface area contributed by atoms with E-state index in [1.165, 1.54) is 77.2 Å². The number of fused-ring (bicyclic) bond motifs is 7. The van der Waals surface area contributed by atoms with Crippen LogP contribution in [0.3, 0.4) is 0 Å². The molecule has 1 aliphatic carbocycles.